The van der Waals surface area contributed by atoms with E-state index in [4.69, 9.17) is 17.3 Å². The number of fused-ring (bicyclic) bond motifs is 4. The monoisotopic (exact) mass is 673 g/mol. The predicted molar refractivity (Wildman–Crippen MR) is 156 cm³/mol. The second kappa shape index (κ2) is 11.1. The van der Waals surface area contributed by atoms with E-state index in [0.29, 0.717) is 32.9 Å². The third-order valence-electron chi connectivity index (χ3n) is 8.48. The van der Waals surface area contributed by atoms with Crippen molar-refractivity contribution in [2.75, 3.05) is 0 Å². The summed E-state index contributed by atoms with van der Waals surface area (Å²) in [5, 5.41) is 13.2. The van der Waals surface area contributed by atoms with E-state index in [0.717, 1.165) is 12.1 Å². The zero-order valence-electron chi connectivity index (χ0n) is 23.9. The highest BCUT2D eigenvalue weighted by molar-refractivity contribution is 6.33. The summed E-state index contributed by atoms with van der Waals surface area (Å²) in [6, 6.07) is 7.59. The molecular formula is C31H22ClF6N7O2. The largest absolute Gasteiger partial charge is 0.366 e. The van der Waals surface area contributed by atoms with E-state index >= 15 is 8.78 Å². The fourth-order valence-electron chi connectivity index (χ4n) is 6.41. The van der Waals surface area contributed by atoms with Crippen molar-refractivity contribution in [2.45, 2.75) is 43.7 Å². The van der Waals surface area contributed by atoms with Crippen LogP contribution >= 0.6 is 11.6 Å². The van der Waals surface area contributed by atoms with Crippen molar-refractivity contribution in [3.63, 3.8) is 0 Å². The number of aromatic nitrogens is 5. The lowest BCUT2D eigenvalue weighted by Gasteiger charge is -2.23. The second-order valence-electron chi connectivity index (χ2n) is 11.6. The molecule has 47 heavy (non-hydrogen) atoms. The maximum atomic E-state index is 15.2. The Morgan fingerprint density at radius 3 is 2.55 bits per heavy atom. The van der Waals surface area contributed by atoms with E-state index in [1.807, 2.05) is 0 Å². The van der Waals surface area contributed by atoms with Crippen molar-refractivity contribution in [2.24, 2.45) is 11.7 Å². The molecule has 242 valence electrons. The molecule has 0 saturated heterocycles. The Bertz CT molecular complexity index is 2080. The predicted octanol–water partition coefficient (Wildman–Crippen LogP) is 6.10. The number of aromatic amines is 1. The number of nitrogens with zero attached hydrogens (tertiary/aromatic N) is 4. The highest BCUT2D eigenvalue weighted by Gasteiger charge is 2.67. The van der Waals surface area contributed by atoms with E-state index in [1.54, 1.807) is 12.1 Å². The third kappa shape index (κ3) is 5.37. The van der Waals surface area contributed by atoms with Crippen LogP contribution in [0, 0.1) is 17.6 Å². The number of carbonyl (C=O) groups excluding carboxylic acids is 2. The van der Waals surface area contributed by atoms with Crippen molar-refractivity contribution >= 4 is 34.4 Å². The van der Waals surface area contributed by atoms with Crippen LogP contribution in [0.2, 0.25) is 5.02 Å². The molecule has 4 N–H and O–H groups in total. The minimum Gasteiger partial charge on any atom is -0.366 e. The van der Waals surface area contributed by atoms with Gasteiger partial charge in [-0.15, -0.1) is 0 Å². The summed E-state index contributed by atoms with van der Waals surface area (Å²) in [6.07, 6.45) is -1.93. The lowest BCUT2D eigenvalue weighted by molar-refractivity contribution is -0.123. The molecule has 3 aromatic heterocycles. The fraction of sp³-hybridized carbons (Fsp3) is 0.258. The Balaban J connectivity index is 1.31. The van der Waals surface area contributed by atoms with Gasteiger partial charge in [-0.25, -0.2) is 22.5 Å². The van der Waals surface area contributed by atoms with E-state index in [-0.39, 0.29) is 40.2 Å². The molecule has 0 spiro atoms. The maximum Gasteiger partial charge on any atom is 0.293 e. The molecule has 16 heteroatoms. The number of nitrogens with one attached hydrogen (secondary N) is 2. The number of nitrogens with two attached hydrogens (primary N) is 1. The molecule has 2 aromatic carbocycles. The molecule has 2 aliphatic carbocycles. The number of carbonyl (C=O) groups is 2. The Morgan fingerprint density at radius 1 is 1.11 bits per heavy atom. The Morgan fingerprint density at radius 2 is 1.85 bits per heavy atom. The first kappa shape index (κ1) is 30.7. The Labute approximate surface area is 266 Å². The number of rotatable bonds is 9. The van der Waals surface area contributed by atoms with E-state index in [9.17, 15) is 27.2 Å². The molecule has 9 nitrogen and oxygen atoms in total. The summed E-state index contributed by atoms with van der Waals surface area (Å²) in [4.78, 5) is 30.3. The molecule has 2 aliphatic rings. The molecule has 7 rings (SSSR count). The SMILES string of the molecule is NC(=O)c1cc(-c2cc3[nH]ncc3nc2C(Cc2cc(F)cc(F)c2)NC(=O)Cn2nc(C(F)F)c3c2C(F)(F)C2CC32)ccc1Cl. The summed E-state index contributed by atoms with van der Waals surface area (Å²) in [6.45, 7) is -0.853. The van der Waals surface area contributed by atoms with Crippen molar-refractivity contribution in [3.8, 4) is 11.1 Å². The van der Waals surface area contributed by atoms with Gasteiger partial charge in [0.2, 0.25) is 11.8 Å². The number of hydrogen-bond donors (Lipinski definition) is 3. The van der Waals surface area contributed by atoms with Gasteiger partial charge < -0.3 is 11.1 Å². The van der Waals surface area contributed by atoms with Crippen molar-refractivity contribution in [1.29, 1.82) is 0 Å². The number of primary amides is 1. The number of pyridine rings is 1. The lowest BCUT2D eigenvalue weighted by Crippen LogP contribution is -2.35. The summed E-state index contributed by atoms with van der Waals surface area (Å²) in [5.74, 6) is -8.85. The van der Waals surface area contributed by atoms with Gasteiger partial charge in [0.25, 0.3) is 12.3 Å². The normalized spacial score (nSPS) is 18.3. The zero-order chi connectivity index (χ0) is 33.4. The Kier molecular flexibility index (Phi) is 7.26. The number of benzene rings is 2. The van der Waals surface area contributed by atoms with Gasteiger partial charge in [0.05, 0.1) is 34.0 Å². The number of halogens is 7. The van der Waals surface area contributed by atoms with Crippen molar-refractivity contribution in [3.05, 3.63) is 99.1 Å². The highest BCUT2D eigenvalue weighted by Crippen LogP contribution is 2.68. The molecule has 0 bridgehead atoms. The Hall–Kier alpha value is -4.92. The molecule has 3 heterocycles. The smallest absolute Gasteiger partial charge is 0.293 e. The van der Waals surface area contributed by atoms with E-state index in [2.05, 4.69) is 25.6 Å². The van der Waals surface area contributed by atoms with E-state index in [1.165, 1.54) is 18.3 Å². The first-order valence-corrected chi connectivity index (χ1v) is 14.6. The number of H-pyrrole nitrogens is 1. The number of amides is 2. The van der Waals surface area contributed by atoms with Crippen LogP contribution < -0.4 is 11.1 Å². The first-order chi connectivity index (χ1) is 22.3. The quantitative estimate of drug-likeness (QED) is 0.163. The third-order valence-corrected chi connectivity index (χ3v) is 8.81. The van der Waals surface area contributed by atoms with Crippen LogP contribution in [0.15, 0.2) is 48.7 Å². The summed E-state index contributed by atoms with van der Waals surface area (Å²) in [7, 11) is 0. The molecule has 3 unspecified atom stereocenters. The molecule has 0 radical (unpaired) electrons. The van der Waals surface area contributed by atoms with Crippen LogP contribution in [0.3, 0.4) is 0 Å². The van der Waals surface area contributed by atoms with Gasteiger partial charge in [-0.05, 0) is 60.2 Å². The van der Waals surface area contributed by atoms with Gasteiger partial charge in [-0.3, -0.25) is 19.4 Å². The summed E-state index contributed by atoms with van der Waals surface area (Å²) < 4.78 is 87.1. The highest BCUT2D eigenvalue weighted by atomic mass is 35.5. The summed E-state index contributed by atoms with van der Waals surface area (Å²) >= 11 is 6.17. The molecular weight excluding hydrogens is 652 g/mol. The van der Waals surface area contributed by atoms with Gasteiger partial charge >= 0.3 is 0 Å². The van der Waals surface area contributed by atoms with Gasteiger partial charge in [0.1, 0.15) is 35.1 Å². The van der Waals surface area contributed by atoms with Crippen LogP contribution in [-0.4, -0.2) is 36.8 Å². The standard InChI is InChI=1S/C31H22ClF6N7O2/c32-20-2-1-13(6-18(20)30(39)47)16-9-21-23(10-40-43-21)42-26(16)22(5-12-3-14(33)7-15(34)4-12)41-24(46)11-45-28-25(27(44-45)29(35)36)17-8-19(17)31(28,37)38/h1-4,6-7,9-10,17,19,22,29H,5,8,11H2,(H2,39,47)(H,40,43)(H,41,46). The van der Waals surface area contributed by atoms with Crippen molar-refractivity contribution in [1.82, 2.24) is 30.3 Å². The topological polar surface area (TPSA) is 132 Å². The fourth-order valence-corrected chi connectivity index (χ4v) is 6.62. The number of hydrogen-bond acceptors (Lipinski definition) is 5. The summed E-state index contributed by atoms with van der Waals surface area (Å²) in [5.41, 5.74) is 5.49. The van der Waals surface area contributed by atoms with Gasteiger partial charge in [0.15, 0.2) is 0 Å². The first-order valence-electron chi connectivity index (χ1n) is 14.3. The van der Waals surface area contributed by atoms with Crippen LogP contribution in [0.4, 0.5) is 26.3 Å². The minimum absolute atomic E-state index is 0.0195. The van der Waals surface area contributed by atoms with Gasteiger partial charge in [0, 0.05) is 23.1 Å². The number of alkyl halides is 4. The van der Waals surface area contributed by atoms with Crippen LogP contribution in [0.5, 0.6) is 0 Å². The zero-order valence-corrected chi connectivity index (χ0v) is 24.6. The van der Waals surface area contributed by atoms with Crippen molar-refractivity contribution < 1.29 is 35.9 Å². The average molecular weight is 674 g/mol. The second-order valence-corrected chi connectivity index (χ2v) is 12.0. The average Bonchev–Trinajstić information content (AvgIpc) is 3.41. The molecule has 5 aromatic rings. The van der Waals surface area contributed by atoms with Crippen LogP contribution in [0.25, 0.3) is 22.2 Å². The molecule has 1 saturated carbocycles. The van der Waals surface area contributed by atoms with Crippen LogP contribution in [0.1, 0.15) is 63.4 Å². The maximum absolute atomic E-state index is 15.2. The molecule has 0 aliphatic heterocycles. The molecule has 3 atom stereocenters. The van der Waals surface area contributed by atoms with Gasteiger partial charge in [-0.1, -0.05) is 17.7 Å². The van der Waals surface area contributed by atoms with Crippen LogP contribution in [-0.2, 0) is 23.7 Å². The molecule has 1 fully saturated rings. The van der Waals surface area contributed by atoms with E-state index < -0.39 is 71.6 Å². The molecule has 2 amide bonds. The lowest BCUT2D eigenvalue weighted by atomic mass is 9.94. The minimum atomic E-state index is -3.45. The van der Waals surface area contributed by atoms with Gasteiger partial charge in [-0.2, -0.15) is 19.0 Å².